The zero-order chi connectivity index (χ0) is 18.4. The molecule has 0 heterocycles. The Bertz CT molecular complexity index is 776. The molecule has 0 nitrogen and oxygen atoms in total. The predicted molar refractivity (Wildman–Crippen MR) is 113 cm³/mol. The summed E-state index contributed by atoms with van der Waals surface area (Å²) in [5.41, 5.74) is 7.80. The number of rotatable bonds is 4. The molecule has 1 aromatic carbocycles. The smallest absolute Gasteiger partial charge is 0.0703 e. The molecule has 0 amide bonds. The van der Waals surface area contributed by atoms with E-state index in [2.05, 4.69) is 114 Å². The third kappa shape index (κ3) is 2.80. The summed E-state index contributed by atoms with van der Waals surface area (Å²) in [5, 5.41) is 0. The Morgan fingerprint density at radius 2 is 1.32 bits per heavy atom. The molecule has 1 aliphatic rings. The summed E-state index contributed by atoms with van der Waals surface area (Å²) in [6.45, 7) is 12.8. The minimum Gasteiger partial charge on any atom is -0.0873 e. The second-order valence-corrected chi connectivity index (χ2v) is 6.19. The highest BCUT2D eigenvalue weighted by molar-refractivity contribution is 5.94. The molecular weight excluding hydrogens is 300 g/mol. The zero-order valence-electron chi connectivity index (χ0n) is 16.4. The maximum absolute atomic E-state index is 2.29. The molecule has 0 saturated carbocycles. The lowest BCUT2D eigenvalue weighted by atomic mass is 9.66. The van der Waals surface area contributed by atoms with Crippen molar-refractivity contribution in [2.24, 2.45) is 0 Å². The van der Waals surface area contributed by atoms with E-state index in [9.17, 15) is 0 Å². The lowest BCUT2D eigenvalue weighted by Gasteiger charge is -2.36. The molecule has 2 rings (SSSR count). The van der Waals surface area contributed by atoms with Gasteiger partial charge in [0.2, 0.25) is 0 Å². The molecule has 0 N–H and O–H groups in total. The van der Waals surface area contributed by atoms with Crippen molar-refractivity contribution >= 4 is 5.57 Å². The SMILES string of the molecule is C/C=C\C(=C/C)C1(C(/C=C\C)=C/C)C(=C/C)/C(=C\C)c2ccccc21. The Kier molecular flexibility index (Phi) is 6.20. The van der Waals surface area contributed by atoms with Gasteiger partial charge in [0.15, 0.2) is 0 Å². The van der Waals surface area contributed by atoms with Crippen LogP contribution in [-0.4, -0.2) is 0 Å². The lowest BCUT2D eigenvalue weighted by Crippen LogP contribution is -2.29. The van der Waals surface area contributed by atoms with E-state index in [-0.39, 0.29) is 5.41 Å². The van der Waals surface area contributed by atoms with Crippen molar-refractivity contribution in [2.75, 3.05) is 0 Å². The van der Waals surface area contributed by atoms with Gasteiger partial charge in [-0.05, 0) is 75.0 Å². The average Bonchev–Trinajstić information content (AvgIpc) is 2.94. The van der Waals surface area contributed by atoms with E-state index >= 15 is 0 Å². The quantitative estimate of drug-likeness (QED) is 0.507. The van der Waals surface area contributed by atoms with Crippen molar-refractivity contribution in [1.82, 2.24) is 0 Å². The highest BCUT2D eigenvalue weighted by Gasteiger charge is 2.48. The maximum Gasteiger partial charge on any atom is 0.0703 e. The lowest BCUT2D eigenvalue weighted by molar-refractivity contribution is 0.760. The molecule has 25 heavy (non-hydrogen) atoms. The standard InChI is InChI=1S/C25H30/c1-7-15-19(9-3)25(20(10-4)16-8-2)23(12-6)21(11-5)22-17-13-14-18-24(22)25/h7-18H,1-6H3/b15-7-,16-8-,19-9+,20-10+,21-11-,23-12+. The molecule has 1 aromatic rings. The van der Waals surface area contributed by atoms with E-state index in [1.807, 2.05) is 0 Å². The van der Waals surface area contributed by atoms with Gasteiger partial charge < -0.3 is 0 Å². The van der Waals surface area contributed by atoms with Crippen LogP contribution >= 0.6 is 0 Å². The van der Waals surface area contributed by atoms with Gasteiger partial charge in [0.25, 0.3) is 0 Å². The third-order valence-electron chi connectivity index (χ3n) is 5.07. The molecule has 0 bridgehead atoms. The molecule has 1 aliphatic carbocycles. The Morgan fingerprint density at radius 3 is 1.76 bits per heavy atom. The summed E-state index contributed by atoms with van der Waals surface area (Å²) in [7, 11) is 0. The third-order valence-corrected chi connectivity index (χ3v) is 5.07. The first-order chi connectivity index (χ1) is 12.2. The fourth-order valence-corrected chi connectivity index (χ4v) is 4.24. The molecule has 0 spiro atoms. The van der Waals surface area contributed by atoms with E-state index in [1.165, 1.54) is 33.4 Å². The normalized spacial score (nSPS) is 24.9. The second-order valence-electron chi connectivity index (χ2n) is 6.19. The van der Waals surface area contributed by atoms with Crippen LogP contribution in [0.15, 0.2) is 89.6 Å². The largest absolute Gasteiger partial charge is 0.0873 e. The average molecular weight is 331 g/mol. The molecule has 0 unspecified atom stereocenters. The molecule has 0 fully saturated rings. The fourth-order valence-electron chi connectivity index (χ4n) is 4.24. The minimum atomic E-state index is -0.254. The van der Waals surface area contributed by atoms with Gasteiger partial charge in [0, 0.05) is 0 Å². The van der Waals surface area contributed by atoms with Crippen LogP contribution in [0.1, 0.15) is 52.7 Å². The topological polar surface area (TPSA) is 0 Å². The first kappa shape index (κ1) is 19.0. The second kappa shape index (κ2) is 8.16. The minimum absolute atomic E-state index is 0.254. The predicted octanol–water partition coefficient (Wildman–Crippen LogP) is 7.33. The van der Waals surface area contributed by atoms with Crippen molar-refractivity contribution < 1.29 is 0 Å². The van der Waals surface area contributed by atoms with Crippen LogP contribution in [0.5, 0.6) is 0 Å². The van der Waals surface area contributed by atoms with Gasteiger partial charge in [-0.3, -0.25) is 0 Å². The summed E-state index contributed by atoms with van der Waals surface area (Å²) in [6, 6.07) is 8.84. The van der Waals surface area contributed by atoms with Crippen LogP contribution in [0, 0.1) is 0 Å². The zero-order valence-corrected chi connectivity index (χ0v) is 16.4. The number of hydrogen-bond donors (Lipinski definition) is 0. The molecule has 130 valence electrons. The Balaban J connectivity index is 3.06. The number of allylic oxidation sites excluding steroid dienone is 12. The van der Waals surface area contributed by atoms with Crippen molar-refractivity contribution in [3.8, 4) is 0 Å². The fraction of sp³-hybridized carbons (Fsp3) is 0.280. The van der Waals surface area contributed by atoms with Crippen molar-refractivity contribution in [3.63, 3.8) is 0 Å². The first-order valence-electron chi connectivity index (χ1n) is 9.19. The van der Waals surface area contributed by atoms with Gasteiger partial charge in [0.1, 0.15) is 0 Å². The monoisotopic (exact) mass is 330 g/mol. The van der Waals surface area contributed by atoms with Gasteiger partial charge in [-0.1, -0.05) is 72.9 Å². The van der Waals surface area contributed by atoms with Gasteiger partial charge in [-0.15, -0.1) is 0 Å². The molecular formula is C25H30. The van der Waals surface area contributed by atoms with Crippen LogP contribution in [0.25, 0.3) is 5.57 Å². The van der Waals surface area contributed by atoms with Crippen LogP contribution in [0.2, 0.25) is 0 Å². The molecule has 0 atom stereocenters. The summed E-state index contributed by atoms with van der Waals surface area (Å²) in [6.07, 6.45) is 17.8. The number of fused-ring (bicyclic) bond motifs is 1. The Hall–Kier alpha value is -2.34. The van der Waals surface area contributed by atoms with E-state index < -0.39 is 0 Å². The molecule has 0 radical (unpaired) electrons. The van der Waals surface area contributed by atoms with Crippen LogP contribution in [-0.2, 0) is 5.41 Å². The van der Waals surface area contributed by atoms with Gasteiger partial charge >= 0.3 is 0 Å². The van der Waals surface area contributed by atoms with E-state index in [0.29, 0.717) is 0 Å². The number of hydrogen-bond acceptors (Lipinski definition) is 0. The van der Waals surface area contributed by atoms with E-state index in [4.69, 9.17) is 0 Å². The van der Waals surface area contributed by atoms with E-state index in [0.717, 1.165) is 0 Å². The summed E-state index contributed by atoms with van der Waals surface area (Å²) >= 11 is 0. The van der Waals surface area contributed by atoms with Gasteiger partial charge in [-0.2, -0.15) is 0 Å². The van der Waals surface area contributed by atoms with Crippen LogP contribution < -0.4 is 0 Å². The van der Waals surface area contributed by atoms with Crippen molar-refractivity contribution in [2.45, 2.75) is 47.0 Å². The van der Waals surface area contributed by atoms with Crippen LogP contribution in [0.3, 0.4) is 0 Å². The Morgan fingerprint density at radius 1 is 0.760 bits per heavy atom. The first-order valence-corrected chi connectivity index (χ1v) is 9.19. The van der Waals surface area contributed by atoms with Crippen LogP contribution in [0.4, 0.5) is 0 Å². The number of benzene rings is 1. The molecule has 0 saturated heterocycles. The van der Waals surface area contributed by atoms with Crippen molar-refractivity contribution in [1.29, 1.82) is 0 Å². The summed E-state index contributed by atoms with van der Waals surface area (Å²) in [5.74, 6) is 0. The highest BCUT2D eigenvalue weighted by Crippen LogP contribution is 2.58. The Labute approximate surface area is 153 Å². The summed E-state index contributed by atoms with van der Waals surface area (Å²) in [4.78, 5) is 0. The van der Waals surface area contributed by atoms with E-state index in [1.54, 1.807) is 0 Å². The molecule has 0 aromatic heterocycles. The highest BCUT2D eigenvalue weighted by atomic mass is 14.5. The maximum atomic E-state index is 2.29. The van der Waals surface area contributed by atoms with Gasteiger partial charge in [0.05, 0.1) is 5.41 Å². The van der Waals surface area contributed by atoms with Gasteiger partial charge in [-0.25, -0.2) is 0 Å². The molecule has 0 heteroatoms. The molecule has 0 aliphatic heterocycles. The van der Waals surface area contributed by atoms with Crippen molar-refractivity contribution in [3.05, 3.63) is 101 Å². The summed E-state index contributed by atoms with van der Waals surface area (Å²) < 4.78 is 0.